The maximum atomic E-state index is 9.93. The third kappa shape index (κ3) is 2.12. The normalized spacial score (nSPS) is 11.4. The molecule has 18 heavy (non-hydrogen) atoms. The first kappa shape index (κ1) is 12.3. The number of hydrogen-bond donors (Lipinski definition) is 3. The number of hydrogen-bond acceptors (Lipinski definition) is 3. The third-order valence-corrected chi connectivity index (χ3v) is 3.24. The first-order valence-corrected chi connectivity index (χ1v) is 5.73. The van der Waals surface area contributed by atoms with E-state index in [1.807, 2.05) is 13.8 Å². The average Bonchev–Trinajstić information content (AvgIpc) is 2.32. The van der Waals surface area contributed by atoms with Gasteiger partial charge in [-0.2, -0.15) is 0 Å². The number of phenols is 3. The van der Waals surface area contributed by atoms with E-state index in [-0.39, 0.29) is 17.2 Å². The van der Waals surface area contributed by atoms with Gasteiger partial charge in [0.05, 0.1) is 0 Å². The minimum Gasteiger partial charge on any atom is -0.508 e. The lowest BCUT2D eigenvalue weighted by Gasteiger charge is -2.27. The highest BCUT2D eigenvalue weighted by molar-refractivity contribution is 5.48. The molecule has 0 unspecified atom stereocenters. The van der Waals surface area contributed by atoms with Gasteiger partial charge in [-0.15, -0.1) is 0 Å². The maximum Gasteiger partial charge on any atom is 0.119 e. The molecular formula is C15H16O3. The van der Waals surface area contributed by atoms with Gasteiger partial charge in [0.15, 0.2) is 0 Å². The van der Waals surface area contributed by atoms with Gasteiger partial charge in [-0.05, 0) is 35.9 Å². The Kier molecular flexibility index (Phi) is 2.91. The van der Waals surface area contributed by atoms with Crippen LogP contribution < -0.4 is 0 Å². The van der Waals surface area contributed by atoms with Crippen molar-refractivity contribution in [2.75, 3.05) is 0 Å². The van der Waals surface area contributed by atoms with Gasteiger partial charge in [-0.1, -0.05) is 26.0 Å². The summed E-state index contributed by atoms with van der Waals surface area (Å²) in [6.07, 6.45) is 0. The smallest absolute Gasteiger partial charge is 0.119 e. The number of phenolic OH excluding ortho intramolecular Hbond substituents is 3. The summed E-state index contributed by atoms with van der Waals surface area (Å²) in [6.45, 7) is 3.90. The molecule has 0 spiro atoms. The Labute approximate surface area is 106 Å². The Balaban J connectivity index is 2.53. The van der Waals surface area contributed by atoms with Crippen LogP contribution >= 0.6 is 0 Å². The average molecular weight is 244 g/mol. The minimum absolute atomic E-state index is 0.120. The fraction of sp³-hybridized carbons (Fsp3) is 0.200. The predicted molar refractivity (Wildman–Crippen MR) is 70.0 cm³/mol. The zero-order valence-electron chi connectivity index (χ0n) is 10.4. The van der Waals surface area contributed by atoms with E-state index in [1.54, 1.807) is 30.3 Å². The summed E-state index contributed by atoms with van der Waals surface area (Å²) in [5, 5.41) is 28.8. The lowest BCUT2D eigenvalue weighted by atomic mass is 9.77. The molecule has 0 amide bonds. The van der Waals surface area contributed by atoms with Crippen LogP contribution in [0.4, 0.5) is 0 Å². The Morgan fingerprint density at radius 1 is 0.778 bits per heavy atom. The van der Waals surface area contributed by atoms with Crippen LogP contribution in [0.15, 0.2) is 42.5 Å². The summed E-state index contributed by atoms with van der Waals surface area (Å²) < 4.78 is 0. The van der Waals surface area contributed by atoms with Crippen LogP contribution in [0.2, 0.25) is 0 Å². The molecule has 0 saturated carbocycles. The highest BCUT2D eigenvalue weighted by atomic mass is 16.3. The van der Waals surface area contributed by atoms with Gasteiger partial charge in [-0.25, -0.2) is 0 Å². The van der Waals surface area contributed by atoms with Crippen molar-refractivity contribution >= 4 is 0 Å². The second-order valence-electron chi connectivity index (χ2n) is 4.87. The van der Waals surface area contributed by atoms with E-state index in [0.717, 1.165) is 5.56 Å². The summed E-state index contributed by atoms with van der Waals surface area (Å²) in [4.78, 5) is 0. The highest BCUT2D eigenvalue weighted by Crippen LogP contribution is 2.38. The predicted octanol–water partition coefficient (Wildman–Crippen LogP) is 3.13. The standard InChI is InChI=1S/C15H16O3/c1-15(2,10-3-5-11(16)6-4-10)13-9-12(17)7-8-14(13)18/h3-9,16-18H,1-2H3. The zero-order chi connectivity index (χ0) is 13.3. The molecule has 2 aromatic carbocycles. The van der Waals surface area contributed by atoms with E-state index in [0.29, 0.717) is 5.56 Å². The molecule has 0 radical (unpaired) electrons. The topological polar surface area (TPSA) is 60.7 Å². The molecule has 0 aromatic heterocycles. The SMILES string of the molecule is CC(C)(c1ccc(O)cc1)c1cc(O)ccc1O. The maximum absolute atomic E-state index is 9.93. The summed E-state index contributed by atoms with van der Waals surface area (Å²) in [7, 11) is 0. The summed E-state index contributed by atoms with van der Waals surface area (Å²) in [6, 6.07) is 11.3. The number of aromatic hydroxyl groups is 3. The van der Waals surface area contributed by atoms with Gasteiger partial charge < -0.3 is 15.3 Å². The molecule has 3 heteroatoms. The third-order valence-electron chi connectivity index (χ3n) is 3.24. The first-order valence-electron chi connectivity index (χ1n) is 5.73. The molecule has 3 N–H and O–H groups in total. The fourth-order valence-electron chi connectivity index (χ4n) is 2.06. The molecule has 94 valence electrons. The number of benzene rings is 2. The lowest BCUT2D eigenvalue weighted by molar-refractivity contribution is 0.440. The first-order chi connectivity index (χ1) is 8.41. The Hall–Kier alpha value is -2.16. The molecule has 0 aliphatic heterocycles. The van der Waals surface area contributed by atoms with Crippen molar-refractivity contribution in [1.82, 2.24) is 0 Å². The second-order valence-corrected chi connectivity index (χ2v) is 4.87. The minimum atomic E-state index is -0.462. The van der Waals surface area contributed by atoms with Crippen molar-refractivity contribution in [3.8, 4) is 17.2 Å². The molecule has 0 aliphatic carbocycles. The molecule has 0 saturated heterocycles. The summed E-state index contributed by atoms with van der Waals surface area (Å²) >= 11 is 0. The Bertz CT molecular complexity index is 556. The van der Waals surface area contributed by atoms with Gasteiger partial charge in [0.2, 0.25) is 0 Å². The molecular weight excluding hydrogens is 228 g/mol. The molecule has 0 aliphatic rings. The van der Waals surface area contributed by atoms with Crippen LogP contribution in [0.3, 0.4) is 0 Å². The largest absolute Gasteiger partial charge is 0.508 e. The van der Waals surface area contributed by atoms with Crippen LogP contribution in [-0.4, -0.2) is 15.3 Å². The van der Waals surface area contributed by atoms with Gasteiger partial charge in [0, 0.05) is 11.0 Å². The monoisotopic (exact) mass is 244 g/mol. The summed E-state index contributed by atoms with van der Waals surface area (Å²) in [5.41, 5.74) is 1.13. The van der Waals surface area contributed by atoms with E-state index in [2.05, 4.69) is 0 Å². The van der Waals surface area contributed by atoms with E-state index >= 15 is 0 Å². The van der Waals surface area contributed by atoms with Crippen molar-refractivity contribution in [1.29, 1.82) is 0 Å². The quantitative estimate of drug-likeness (QED) is 0.711. The fourth-order valence-corrected chi connectivity index (χ4v) is 2.06. The van der Waals surface area contributed by atoms with Crippen LogP contribution in [0.1, 0.15) is 25.0 Å². The van der Waals surface area contributed by atoms with Crippen molar-refractivity contribution in [2.45, 2.75) is 19.3 Å². The molecule has 0 atom stereocenters. The molecule has 3 nitrogen and oxygen atoms in total. The molecule has 0 heterocycles. The van der Waals surface area contributed by atoms with E-state index in [1.165, 1.54) is 12.1 Å². The van der Waals surface area contributed by atoms with Gasteiger partial charge in [0.25, 0.3) is 0 Å². The lowest BCUT2D eigenvalue weighted by Crippen LogP contribution is -2.18. The van der Waals surface area contributed by atoms with E-state index in [4.69, 9.17) is 0 Å². The summed E-state index contributed by atoms with van der Waals surface area (Å²) in [5.74, 6) is 0.468. The second kappa shape index (κ2) is 4.26. The number of rotatable bonds is 2. The van der Waals surface area contributed by atoms with E-state index in [9.17, 15) is 15.3 Å². The van der Waals surface area contributed by atoms with Crippen LogP contribution in [0.5, 0.6) is 17.2 Å². The van der Waals surface area contributed by atoms with Crippen molar-refractivity contribution < 1.29 is 15.3 Å². The van der Waals surface area contributed by atoms with Crippen molar-refractivity contribution in [2.24, 2.45) is 0 Å². The highest BCUT2D eigenvalue weighted by Gasteiger charge is 2.26. The molecule has 0 bridgehead atoms. The van der Waals surface area contributed by atoms with Crippen LogP contribution in [0.25, 0.3) is 0 Å². The molecule has 2 aromatic rings. The molecule has 2 rings (SSSR count). The van der Waals surface area contributed by atoms with Crippen LogP contribution in [0, 0.1) is 0 Å². The molecule has 0 fully saturated rings. The van der Waals surface area contributed by atoms with Gasteiger partial charge >= 0.3 is 0 Å². The van der Waals surface area contributed by atoms with Crippen molar-refractivity contribution in [3.05, 3.63) is 53.6 Å². The zero-order valence-corrected chi connectivity index (χ0v) is 10.4. The Morgan fingerprint density at radius 3 is 1.94 bits per heavy atom. The van der Waals surface area contributed by atoms with Gasteiger partial charge in [0.1, 0.15) is 17.2 Å². The van der Waals surface area contributed by atoms with Crippen molar-refractivity contribution in [3.63, 3.8) is 0 Å². The van der Waals surface area contributed by atoms with E-state index < -0.39 is 5.41 Å². The van der Waals surface area contributed by atoms with Crippen LogP contribution in [-0.2, 0) is 5.41 Å². The van der Waals surface area contributed by atoms with Gasteiger partial charge in [-0.3, -0.25) is 0 Å². The Morgan fingerprint density at radius 2 is 1.33 bits per heavy atom.